The van der Waals surface area contributed by atoms with E-state index in [1.165, 1.54) is 7.05 Å². The van der Waals surface area contributed by atoms with Gasteiger partial charge in [0, 0.05) is 37.6 Å². The molecule has 0 radical (unpaired) electrons. The first-order valence-corrected chi connectivity index (χ1v) is 8.56. The van der Waals surface area contributed by atoms with Crippen LogP contribution in [0.25, 0.3) is 10.9 Å². The highest BCUT2D eigenvalue weighted by molar-refractivity contribution is 5.95. The quantitative estimate of drug-likeness (QED) is 0.779. The van der Waals surface area contributed by atoms with Crippen LogP contribution in [0.5, 0.6) is 5.88 Å². The van der Waals surface area contributed by atoms with Crippen LogP contribution in [-0.2, 0) is 6.54 Å². The molecule has 0 spiro atoms. The van der Waals surface area contributed by atoms with Crippen molar-refractivity contribution < 1.29 is 9.90 Å². The molecule has 7 heteroatoms. The molecule has 2 amide bonds. The van der Waals surface area contributed by atoms with Gasteiger partial charge in [0.15, 0.2) is 5.69 Å². The molecule has 25 heavy (non-hydrogen) atoms. The number of aromatic hydroxyl groups is 1. The van der Waals surface area contributed by atoms with Crippen LogP contribution in [0, 0.1) is 0 Å². The second-order valence-electron chi connectivity index (χ2n) is 6.52. The van der Waals surface area contributed by atoms with Gasteiger partial charge in [0.25, 0.3) is 0 Å². The second kappa shape index (κ2) is 8.11. The summed E-state index contributed by atoms with van der Waals surface area (Å²) in [7, 11) is 1.48. The highest BCUT2D eigenvalue weighted by Gasteiger charge is 2.19. The number of urea groups is 1. The van der Waals surface area contributed by atoms with Gasteiger partial charge >= 0.3 is 6.03 Å². The van der Waals surface area contributed by atoms with Crippen LogP contribution in [0.4, 0.5) is 10.5 Å². The van der Waals surface area contributed by atoms with Crippen molar-refractivity contribution in [3.8, 4) is 5.88 Å². The Morgan fingerprint density at radius 1 is 1.24 bits per heavy atom. The van der Waals surface area contributed by atoms with Crippen LogP contribution in [0.15, 0.2) is 34.5 Å². The van der Waals surface area contributed by atoms with Crippen molar-refractivity contribution in [2.45, 2.75) is 46.3 Å². The van der Waals surface area contributed by atoms with E-state index in [1.807, 2.05) is 28.8 Å². The van der Waals surface area contributed by atoms with Crippen molar-refractivity contribution in [2.24, 2.45) is 10.2 Å². The maximum Gasteiger partial charge on any atom is 0.359 e. The molecule has 1 aromatic heterocycles. The van der Waals surface area contributed by atoms with Gasteiger partial charge < -0.3 is 15.0 Å². The molecule has 136 valence electrons. The number of carbonyl (C=O) groups excluding carboxylic acids is 1. The van der Waals surface area contributed by atoms with Crippen LogP contribution in [0.1, 0.15) is 27.7 Å². The molecule has 0 atom stereocenters. The Morgan fingerprint density at radius 3 is 2.48 bits per heavy atom. The summed E-state index contributed by atoms with van der Waals surface area (Å²) in [6.07, 6.45) is 0. The molecular weight excluding hydrogens is 318 g/mol. The first kappa shape index (κ1) is 18.9. The molecule has 0 saturated carbocycles. The number of hydrogen-bond acceptors (Lipinski definition) is 4. The number of benzene rings is 1. The first-order valence-electron chi connectivity index (χ1n) is 8.56. The number of hydrogen-bond donors (Lipinski definition) is 2. The first-order chi connectivity index (χ1) is 11.9. The van der Waals surface area contributed by atoms with Gasteiger partial charge in [-0.05, 0) is 33.8 Å². The third kappa shape index (κ3) is 4.17. The number of fused-ring (bicyclic) bond motifs is 1. The monoisotopic (exact) mass is 345 g/mol. The minimum Gasteiger partial charge on any atom is -0.493 e. The fraction of sp³-hybridized carbons (Fsp3) is 0.500. The fourth-order valence-electron chi connectivity index (χ4n) is 3.07. The van der Waals surface area contributed by atoms with E-state index in [0.29, 0.717) is 24.3 Å². The van der Waals surface area contributed by atoms with E-state index in [2.05, 4.69) is 48.1 Å². The summed E-state index contributed by atoms with van der Waals surface area (Å²) in [5, 5.41) is 21.3. The lowest BCUT2D eigenvalue weighted by Crippen LogP contribution is -2.39. The van der Waals surface area contributed by atoms with Gasteiger partial charge in [0.2, 0.25) is 5.88 Å². The Kier molecular flexibility index (Phi) is 6.14. The molecule has 0 fully saturated rings. The van der Waals surface area contributed by atoms with Gasteiger partial charge in [-0.2, -0.15) is 0 Å². The predicted molar refractivity (Wildman–Crippen MR) is 99.6 cm³/mol. The number of carbonyl (C=O) groups is 1. The molecule has 0 unspecified atom stereocenters. The maximum atomic E-state index is 11.3. The number of nitrogens with zero attached hydrogens (tertiary/aromatic N) is 4. The van der Waals surface area contributed by atoms with E-state index < -0.39 is 6.03 Å². The zero-order chi connectivity index (χ0) is 18.6. The summed E-state index contributed by atoms with van der Waals surface area (Å²) >= 11 is 0. The van der Waals surface area contributed by atoms with Crippen LogP contribution in [0.3, 0.4) is 0 Å². The van der Waals surface area contributed by atoms with Crippen molar-refractivity contribution >= 4 is 22.6 Å². The number of nitrogens with one attached hydrogen (secondary N) is 1. The molecule has 7 nitrogen and oxygen atoms in total. The van der Waals surface area contributed by atoms with E-state index >= 15 is 0 Å². The molecule has 0 aliphatic heterocycles. The summed E-state index contributed by atoms with van der Waals surface area (Å²) in [6.45, 7) is 10.1. The van der Waals surface area contributed by atoms with Crippen molar-refractivity contribution in [2.75, 3.05) is 13.6 Å². The van der Waals surface area contributed by atoms with Gasteiger partial charge in [-0.15, -0.1) is 5.11 Å². The van der Waals surface area contributed by atoms with E-state index in [4.69, 9.17) is 0 Å². The SMILES string of the molecule is CNC(=O)N=Nc1c(O)n(CCN(C(C)C)C(C)C)c2ccccc12. The third-order valence-corrected chi connectivity index (χ3v) is 4.28. The molecule has 0 bridgehead atoms. The Hall–Kier alpha value is -2.41. The minimum atomic E-state index is -0.554. The van der Waals surface area contributed by atoms with E-state index in [1.54, 1.807) is 0 Å². The van der Waals surface area contributed by atoms with Gasteiger partial charge in [-0.25, -0.2) is 4.79 Å². The molecule has 2 N–H and O–H groups in total. The third-order valence-electron chi connectivity index (χ3n) is 4.28. The average molecular weight is 345 g/mol. The summed E-state index contributed by atoms with van der Waals surface area (Å²) in [6, 6.07) is 7.87. The molecule has 1 heterocycles. The van der Waals surface area contributed by atoms with Gasteiger partial charge in [0.05, 0.1) is 5.52 Å². The van der Waals surface area contributed by atoms with Gasteiger partial charge in [-0.1, -0.05) is 23.3 Å². The number of rotatable bonds is 6. The molecule has 0 aliphatic carbocycles. The summed E-state index contributed by atoms with van der Waals surface area (Å²) < 4.78 is 1.82. The second-order valence-corrected chi connectivity index (χ2v) is 6.52. The van der Waals surface area contributed by atoms with Crippen molar-refractivity contribution in [3.05, 3.63) is 24.3 Å². The summed E-state index contributed by atoms with van der Waals surface area (Å²) in [5.74, 6) is 0.0290. The lowest BCUT2D eigenvalue weighted by Gasteiger charge is -2.30. The topological polar surface area (TPSA) is 82.2 Å². The Labute approximate surface area is 148 Å². The molecule has 2 aromatic rings. The predicted octanol–water partition coefficient (Wildman–Crippen LogP) is 3.89. The highest BCUT2D eigenvalue weighted by Crippen LogP contribution is 2.38. The smallest absolute Gasteiger partial charge is 0.359 e. The van der Waals surface area contributed by atoms with Crippen molar-refractivity contribution in [1.29, 1.82) is 0 Å². The van der Waals surface area contributed by atoms with Crippen molar-refractivity contribution in [1.82, 2.24) is 14.8 Å². The zero-order valence-electron chi connectivity index (χ0n) is 15.5. The lowest BCUT2D eigenvalue weighted by molar-refractivity contribution is 0.167. The zero-order valence-corrected chi connectivity index (χ0v) is 15.5. The summed E-state index contributed by atoms with van der Waals surface area (Å²) in [5.41, 5.74) is 1.19. The fourth-order valence-corrected chi connectivity index (χ4v) is 3.07. The minimum absolute atomic E-state index is 0.0290. The van der Waals surface area contributed by atoms with E-state index in [9.17, 15) is 9.90 Å². The Morgan fingerprint density at radius 2 is 1.88 bits per heavy atom. The molecule has 0 saturated heterocycles. The van der Waals surface area contributed by atoms with Crippen LogP contribution >= 0.6 is 0 Å². The van der Waals surface area contributed by atoms with Crippen LogP contribution < -0.4 is 5.32 Å². The van der Waals surface area contributed by atoms with Gasteiger partial charge in [0.1, 0.15) is 0 Å². The molecular formula is C18H27N5O2. The van der Waals surface area contributed by atoms with Gasteiger partial charge in [-0.3, -0.25) is 4.90 Å². The van der Waals surface area contributed by atoms with E-state index in [0.717, 1.165) is 17.4 Å². The van der Waals surface area contributed by atoms with Crippen molar-refractivity contribution in [3.63, 3.8) is 0 Å². The summed E-state index contributed by atoms with van der Waals surface area (Å²) in [4.78, 5) is 13.7. The standard InChI is InChI=1S/C18H27N5O2/c1-12(2)22(13(3)4)10-11-23-15-9-7-6-8-14(15)16(17(23)24)20-21-18(25)19-5/h6-9,12-13,24H,10-11H2,1-5H3,(H,19,25). The Balaban J connectivity index is 2.39. The number of para-hydroxylation sites is 1. The molecule has 0 aliphatic rings. The molecule has 2 rings (SSSR count). The number of amides is 2. The van der Waals surface area contributed by atoms with E-state index in [-0.39, 0.29) is 5.88 Å². The molecule has 1 aromatic carbocycles. The largest absolute Gasteiger partial charge is 0.493 e. The Bertz CT molecular complexity index is 756. The van der Waals surface area contributed by atoms with Crippen LogP contribution in [0.2, 0.25) is 0 Å². The number of azo groups is 1. The highest BCUT2D eigenvalue weighted by atomic mass is 16.3. The lowest BCUT2D eigenvalue weighted by atomic mass is 10.2. The number of aromatic nitrogens is 1. The van der Waals surface area contributed by atoms with Crippen LogP contribution in [-0.4, -0.2) is 46.3 Å². The maximum absolute atomic E-state index is 11.3. The average Bonchev–Trinajstić information content (AvgIpc) is 2.84. The normalized spacial score (nSPS) is 12.2.